The predicted molar refractivity (Wildman–Crippen MR) is 137 cm³/mol. The summed E-state index contributed by atoms with van der Waals surface area (Å²) >= 11 is 6.27. The number of nitrogens with one attached hydrogen (secondary N) is 2. The van der Waals surface area contributed by atoms with Gasteiger partial charge in [0.05, 0.1) is 29.2 Å². The van der Waals surface area contributed by atoms with Gasteiger partial charge < -0.3 is 15.4 Å². The first kappa shape index (κ1) is 24.8. The summed E-state index contributed by atoms with van der Waals surface area (Å²) in [5.74, 6) is -2.43. The van der Waals surface area contributed by atoms with E-state index in [2.05, 4.69) is 10.6 Å². The molecule has 3 aliphatic rings. The van der Waals surface area contributed by atoms with Gasteiger partial charge in [-0.15, -0.1) is 0 Å². The third-order valence-corrected chi connectivity index (χ3v) is 6.98. The normalized spacial score (nSPS) is 19.1. The zero-order valence-corrected chi connectivity index (χ0v) is 21.2. The third-order valence-electron chi connectivity index (χ3n) is 6.75. The van der Waals surface area contributed by atoms with E-state index in [4.69, 9.17) is 16.3 Å². The van der Waals surface area contributed by atoms with Gasteiger partial charge in [0.15, 0.2) is 0 Å². The van der Waals surface area contributed by atoms with Gasteiger partial charge in [0, 0.05) is 28.0 Å². The fraction of sp³-hybridized carbons (Fsp3) is 0.286. The monoisotopic (exact) mass is 519 g/mol. The van der Waals surface area contributed by atoms with Crippen molar-refractivity contribution in [1.29, 1.82) is 0 Å². The van der Waals surface area contributed by atoms with Crippen molar-refractivity contribution in [3.05, 3.63) is 92.8 Å². The average molecular weight is 520 g/mol. The summed E-state index contributed by atoms with van der Waals surface area (Å²) in [6.07, 6.45) is 1.85. The molecule has 2 heterocycles. The van der Waals surface area contributed by atoms with Crippen LogP contribution in [0.2, 0.25) is 5.02 Å². The van der Waals surface area contributed by atoms with Crippen molar-refractivity contribution < 1.29 is 23.9 Å². The number of hydrogen-bond acceptors (Lipinski definition) is 6. The molecule has 0 aromatic heterocycles. The lowest BCUT2D eigenvalue weighted by Crippen LogP contribution is -2.38. The minimum Gasteiger partial charge on any atom is -0.460 e. The van der Waals surface area contributed by atoms with Crippen molar-refractivity contribution in [3.63, 3.8) is 0 Å². The number of fused-ring (bicyclic) bond motifs is 1. The van der Waals surface area contributed by atoms with E-state index >= 15 is 0 Å². The first-order valence-corrected chi connectivity index (χ1v) is 12.5. The number of esters is 1. The first-order chi connectivity index (χ1) is 17.8. The molecule has 1 aliphatic carbocycles. The summed E-state index contributed by atoms with van der Waals surface area (Å²) in [4.78, 5) is 53.1. The van der Waals surface area contributed by atoms with Gasteiger partial charge in [0.25, 0.3) is 11.8 Å². The van der Waals surface area contributed by atoms with Gasteiger partial charge in [-0.2, -0.15) is 0 Å². The lowest BCUT2D eigenvalue weighted by atomic mass is 9.80. The Morgan fingerprint density at radius 3 is 2.27 bits per heavy atom. The minimum atomic E-state index is -0.703. The Hall–Kier alpha value is -3.91. The Labute approximate surface area is 219 Å². The molecule has 3 amide bonds. The number of carbonyl (C=O) groups is 4. The molecular weight excluding hydrogens is 494 g/mol. The van der Waals surface area contributed by atoms with Crippen LogP contribution in [-0.2, 0) is 14.3 Å². The molecular formula is C28H26ClN3O5. The van der Waals surface area contributed by atoms with Gasteiger partial charge in [-0.1, -0.05) is 35.9 Å². The first-order valence-electron chi connectivity index (χ1n) is 12.1. The van der Waals surface area contributed by atoms with Crippen LogP contribution in [-0.4, -0.2) is 47.8 Å². The molecule has 1 fully saturated rings. The highest BCUT2D eigenvalue weighted by Crippen LogP contribution is 2.40. The molecule has 2 N–H and O–H groups in total. The second-order valence-electron chi connectivity index (χ2n) is 9.38. The van der Waals surface area contributed by atoms with Crippen molar-refractivity contribution in [2.45, 2.75) is 38.6 Å². The van der Waals surface area contributed by atoms with Gasteiger partial charge in [-0.25, -0.2) is 4.79 Å². The standard InChI is InChI=1S/C28H26ClN3O5/c1-15-22(25(33)31-19-10-11-19)24(17-6-5-7-18(29)14-17)23(16(2)30-15)28(36)37-13-12-32-26(34)20-8-3-4-9-21(20)27(32)35/h3-9,14,19,24,30H,10-13H2,1-2H3,(H,31,33). The van der Waals surface area contributed by atoms with Crippen LogP contribution >= 0.6 is 11.6 Å². The van der Waals surface area contributed by atoms with Crippen molar-refractivity contribution in [2.24, 2.45) is 0 Å². The van der Waals surface area contributed by atoms with Crippen molar-refractivity contribution >= 4 is 35.3 Å². The molecule has 0 bridgehead atoms. The Morgan fingerprint density at radius 1 is 1.00 bits per heavy atom. The van der Waals surface area contributed by atoms with Gasteiger partial charge >= 0.3 is 5.97 Å². The van der Waals surface area contributed by atoms with Crippen LogP contribution in [0.15, 0.2) is 71.1 Å². The molecule has 0 spiro atoms. The van der Waals surface area contributed by atoms with E-state index in [0.717, 1.165) is 17.7 Å². The number of halogens is 1. The highest BCUT2D eigenvalue weighted by Gasteiger charge is 2.39. The number of hydrogen-bond donors (Lipinski definition) is 2. The van der Waals surface area contributed by atoms with E-state index in [1.807, 2.05) is 6.07 Å². The fourth-order valence-electron chi connectivity index (χ4n) is 4.83. The predicted octanol–water partition coefficient (Wildman–Crippen LogP) is 3.69. The van der Waals surface area contributed by atoms with Gasteiger partial charge in [-0.3, -0.25) is 19.3 Å². The van der Waals surface area contributed by atoms with E-state index in [-0.39, 0.29) is 30.7 Å². The maximum absolute atomic E-state index is 13.4. The summed E-state index contributed by atoms with van der Waals surface area (Å²) in [6, 6.07) is 13.8. The van der Waals surface area contributed by atoms with Gasteiger partial charge in [-0.05, 0) is 56.5 Å². The number of nitrogens with zero attached hydrogens (tertiary/aromatic N) is 1. The fourth-order valence-corrected chi connectivity index (χ4v) is 5.02. The molecule has 2 aromatic carbocycles. The zero-order valence-electron chi connectivity index (χ0n) is 20.5. The molecule has 0 radical (unpaired) electrons. The highest BCUT2D eigenvalue weighted by molar-refractivity contribution is 6.30. The summed E-state index contributed by atoms with van der Waals surface area (Å²) in [6.45, 7) is 3.28. The second-order valence-corrected chi connectivity index (χ2v) is 9.82. The molecule has 37 heavy (non-hydrogen) atoms. The molecule has 1 atom stereocenters. The van der Waals surface area contributed by atoms with Crippen LogP contribution < -0.4 is 10.6 Å². The van der Waals surface area contributed by atoms with Gasteiger partial charge in [0.2, 0.25) is 5.91 Å². The maximum Gasteiger partial charge on any atom is 0.336 e. The number of rotatable bonds is 7. The van der Waals surface area contributed by atoms with Crippen LogP contribution in [0.3, 0.4) is 0 Å². The maximum atomic E-state index is 13.4. The lowest BCUT2D eigenvalue weighted by Gasteiger charge is -2.31. The van der Waals surface area contributed by atoms with E-state index in [1.54, 1.807) is 56.3 Å². The number of amides is 3. The Balaban J connectivity index is 1.37. The molecule has 2 aromatic rings. The van der Waals surface area contributed by atoms with Crippen molar-refractivity contribution in [3.8, 4) is 0 Å². The molecule has 2 aliphatic heterocycles. The van der Waals surface area contributed by atoms with Gasteiger partial charge in [0.1, 0.15) is 6.61 Å². The molecule has 1 unspecified atom stereocenters. The number of dihydropyridines is 1. The van der Waals surface area contributed by atoms with E-state index < -0.39 is 23.7 Å². The van der Waals surface area contributed by atoms with Crippen LogP contribution in [0, 0.1) is 0 Å². The quantitative estimate of drug-likeness (QED) is 0.427. The van der Waals surface area contributed by atoms with E-state index in [1.165, 1.54) is 0 Å². The highest BCUT2D eigenvalue weighted by atomic mass is 35.5. The summed E-state index contributed by atoms with van der Waals surface area (Å²) < 4.78 is 5.58. The zero-order chi connectivity index (χ0) is 26.3. The minimum absolute atomic E-state index is 0.0798. The summed E-state index contributed by atoms with van der Waals surface area (Å²) in [7, 11) is 0. The number of allylic oxidation sites excluding steroid dienone is 2. The number of ether oxygens (including phenoxy) is 1. The number of imide groups is 1. The van der Waals surface area contributed by atoms with Crippen molar-refractivity contribution in [2.75, 3.05) is 13.2 Å². The molecule has 8 nitrogen and oxygen atoms in total. The second kappa shape index (κ2) is 9.86. The smallest absolute Gasteiger partial charge is 0.336 e. The summed E-state index contributed by atoms with van der Waals surface area (Å²) in [5.41, 5.74) is 3.24. The van der Waals surface area contributed by atoms with E-state index in [9.17, 15) is 19.2 Å². The lowest BCUT2D eigenvalue weighted by molar-refractivity contribution is -0.139. The number of carbonyl (C=O) groups excluding carboxylic acids is 4. The average Bonchev–Trinajstić information content (AvgIpc) is 3.65. The molecule has 9 heteroatoms. The van der Waals surface area contributed by atoms with Crippen LogP contribution in [0.4, 0.5) is 0 Å². The van der Waals surface area contributed by atoms with Crippen molar-refractivity contribution in [1.82, 2.24) is 15.5 Å². The molecule has 5 rings (SSSR count). The molecule has 1 saturated carbocycles. The van der Waals surface area contributed by atoms with Crippen LogP contribution in [0.1, 0.15) is 58.9 Å². The Morgan fingerprint density at radius 2 is 1.65 bits per heavy atom. The topological polar surface area (TPSA) is 105 Å². The largest absolute Gasteiger partial charge is 0.460 e. The SMILES string of the molecule is CC1=C(C(=O)NC2CC2)C(c2cccc(Cl)c2)C(C(=O)OCCN2C(=O)c3ccccc3C2=O)=C(C)N1. The van der Waals surface area contributed by atoms with Crippen LogP contribution in [0.5, 0.6) is 0 Å². The van der Waals surface area contributed by atoms with Crippen LogP contribution in [0.25, 0.3) is 0 Å². The number of benzene rings is 2. The Bertz CT molecular complexity index is 1360. The third kappa shape index (κ3) is 4.76. The Kier molecular flexibility index (Phi) is 6.60. The molecule has 0 saturated heterocycles. The van der Waals surface area contributed by atoms with E-state index in [0.29, 0.717) is 38.7 Å². The molecule has 190 valence electrons. The summed E-state index contributed by atoms with van der Waals surface area (Å²) in [5, 5.41) is 6.65.